The SMILES string of the molecule is O=S1(=O)c2ccc(Br)cc2-c2cc(-c3ccccc3)ccc21.O=S1(=O)c2ccc(Br)cc2-c2cc(Br)ccc21.OB(O)c1ccccc1. The normalized spacial score (nSPS) is 13.8. The first-order chi connectivity index (χ1) is 22.9. The summed E-state index contributed by atoms with van der Waals surface area (Å²) in [6.45, 7) is 0. The lowest BCUT2D eigenvalue weighted by molar-refractivity contribution is 0.426. The van der Waals surface area contributed by atoms with E-state index in [2.05, 4.69) is 47.8 Å². The lowest BCUT2D eigenvalue weighted by Gasteiger charge is -2.05. The van der Waals surface area contributed by atoms with E-state index in [1.807, 2.05) is 66.7 Å². The van der Waals surface area contributed by atoms with Crippen LogP contribution in [0.15, 0.2) is 166 Å². The molecule has 2 aliphatic heterocycles. The number of sulfone groups is 2. The molecule has 0 spiro atoms. The average Bonchev–Trinajstić information content (AvgIpc) is 3.43. The smallest absolute Gasteiger partial charge is 0.423 e. The molecule has 6 nitrogen and oxygen atoms in total. The van der Waals surface area contributed by atoms with Crippen molar-refractivity contribution in [1.82, 2.24) is 0 Å². The topological polar surface area (TPSA) is 109 Å². The van der Waals surface area contributed by atoms with Crippen molar-refractivity contribution in [2.45, 2.75) is 19.6 Å². The first kappa shape index (κ1) is 34.5. The summed E-state index contributed by atoms with van der Waals surface area (Å²) in [5.41, 5.74) is 5.68. The van der Waals surface area contributed by atoms with Gasteiger partial charge in [-0.2, -0.15) is 0 Å². The molecule has 12 heteroatoms. The van der Waals surface area contributed by atoms with Gasteiger partial charge in [0.1, 0.15) is 0 Å². The molecule has 48 heavy (non-hydrogen) atoms. The standard InChI is InChI=1S/C18H11BrO2S.C12H6Br2O2S.C6H7BO2/c19-14-7-9-18-16(11-14)15-10-13(12-4-2-1-3-5-12)6-8-17(15)22(18,20)21;13-7-1-3-11-9(5-7)10-6-8(14)2-4-12(10)17(11,15)16;8-7(9)6-4-2-1-3-5-6/h1-11H;1-6H;1-5,8-9H. The molecule has 2 aliphatic rings. The minimum absolute atomic E-state index is 0.383. The highest BCUT2D eigenvalue weighted by atomic mass is 79.9. The van der Waals surface area contributed by atoms with E-state index in [1.54, 1.807) is 66.7 Å². The van der Waals surface area contributed by atoms with Crippen LogP contribution in [0.25, 0.3) is 33.4 Å². The summed E-state index contributed by atoms with van der Waals surface area (Å²) < 4.78 is 52.4. The van der Waals surface area contributed by atoms with Crippen molar-refractivity contribution in [3.63, 3.8) is 0 Å². The molecule has 0 saturated carbocycles. The van der Waals surface area contributed by atoms with Gasteiger partial charge < -0.3 is 10.0 Å². The Bertz CT molecular complexity index is 2330. The summed E-state index contributed by atoms with van der Waals surface area (Å²) >= 11 is 10.2. The summed E-state index contributed by atoms with van der Waals surface area (Å²) in [5, 5.41) is 17.2. The maximum atomic E-state index is 12.6. The van der Waals surface area contributed by atoms with Crippen LogP contribution in [0.5, 0.6) is 0 Å². The summed E-state index contributed by atoms with van der Waals surface area (Å²) in [7, 11) is -8.08. The Hall–Kier alpha value is -3.36. The van der Waals surface area contributed by atoms with Gasteiger partial charge >= 0.3 is 7.12 Å². The Labute approximate surface area is 304 Å². The average molecular weight is 867 g/mol. The zero-order chi connectivity index (χ0) is 34.2. The Morgan fingerprint density at radius 2 is 0.771 bits per heavy atom. The van der Waals surface area contributed by atoms with Crippen LogP contribution in [0, 0.1) is 0 Å². The van der Waals surface area contributed by atoms with Crippen LogP contribution in [0.2, 0.25) is 0 Å². The lowest BCUT2D eigenvalue weighted by Crippen LogP contribution is -2.29. The second-order valence-corrected chi connectivity index (χ2v) is 17.3. The molecule has 0 bridgehead atoms. The van der Waals surface area contributed by atoms with Crippen LogP contribution in [-0.4, -0.2) is 34.0 Å². The zero-order valence-electron chi connectivity index (χ0n) is 24.8. The van der Waals surface area contributed by atoms with Gasteiger partial charge in [-0.3, -0.25) is 0 Å². The minimum Gasteiger partial charge on any atom is -0.423 e. The van der Waals surface area contributed by atoms with Gasteiger partial charge in [-0.1, -0.05) is 115 Å². The van der Waals surface area contributed by atoms with E-state index in [0.717, 1.165) is 46.8 Å². The molecule has 240 valence electrons. The fourth-order valence-electron chi connectivity index (χ4n) is 5.49. The second kappa shape index (κ2) is 13.9. The van der Waals surface area contributed by atoms with Gasteiger partial charge in [0.05, 0.1) is 19.6 Å². The number of halogens is 3. The van der Waals surface area contributed by atoms with E-state index in [4.69, 9.17) is 10.0 Å². The fourth-order valence-corrected chi connectivity index (χ4v) is 9.87. The predicted molar refractivity (Wildman–Crippen MR) is 199 cm³/mol. The largest absolute Gasteiger partial charge is 0.488 e. The van der Waals surface area contributed by atoms with Gasteiger partial charge in [0, 0.05) is 35.7 Å². The number of rotatable bonds is 2. The quantitative estimate of drug-likeness (QED) is 0.169. The van der Waals surface area contributed by atoms with Gasteiger partial charge in [-0.25, -0.2) is 16.8 Å². The number of fused-ring (bicyclic) bond motifs is 6. The van der Waals surface area contributed by atoms with E-state index in [9.17, 15) is 16.8 Å². The first-order valence-corrected chi connectivity index (χ1v) is 19.7. The van der Waals surface area contributed by atoms with Crippen molar-refractivity contribution in [2.24, 2.45) is 0 Å². The predicted octanol–water partition coefficient (Wildman–Crippen LogP) is 8.32. The zero-order valence-corrected chi connectivity index (χ0v) is 31.1. The number of hydrogen-bond donors (Lipinski definition) is 2. The Morgan fingerprint density at radius 3 is 1.15 bits per heavy atom. The Kier molecular flexibility index (Phi) is 9.97. The molecule has 6 aromatic rings. The molecule has 8 rings (SSSR count). The Balaban J connectivity index is 0.000000137. The Morgan fingerprint density at radius 1 is 0.417 bits per heavy atom. The van der Waals surface area contributed by atoms with Crippen molar-refractivity contribution in [3.05, 3.63) is 147 Å². The van der Waals surface area contributed by atoms with Crippen LogP contribution < -0.4 is 5.46 Å². The van der Waals surface area contributed by atoms with Crippen molar-refractivity contribution < 1.29 is 26.9 Å². The summed E-state index contributed by atoms with van der Waals surface area (Å²) in [6.07, 6.45) is 0. The van der Waals surface area contributed by atoms with Gasteiger partial charge in [-0.15, -0.1) is 0 Å². The monoisotopic (exact) mass is 864 g/mol. The van der Waals surface area contributed by atoms with Crippen molar-refractivity contribution >= 4 is 80.0 Å². The van der Waals surface area contributed by atoms with Crippen LogP contribution in [0.3, 0.4) is 0 Å². The molecule has 0 amide bonds. The molecule has 0 saturated heterocycles. The molecule has 0 aromatic heterocycles. The van der Waals surface area contributed by atoms with Crippen molar-refractivity contribution in [2.75, 3.05) is 0 Å². The number of hydrogen-bond acceptors (Lipinski definition) is 6. The third kappa shape index (κ3) is 6.75. The minimum atomic E-state index is -3.40. The molecule has 0 aliphatic carbocycles. The maximum absolute atomic E-state index is 12.6. The molecule has 2 N–H and O–H groups in total. The molecular weight excluding hydrogens is 843 g/mol. The molecule has 2 heterocycles. The van der Waals surface area contributed by atoms with Crippen LogP contribution in [0.1, 0.15) is 0 Å². The maximum Gasteiger partial charge on any atom is 0.488 e. The lowest BCUT2D eigenvalue weighted by atomic mass is 9.81. The third-order valence-electron chi connectivity index (χ3n) is 7.75. The van der Waals surface area contributed by atoms with E-state index >= 15 is 0 Å². The highest BCUT2D eigenvalue weighted by Gasteiger charge is 2.34. The van der Waals surface area contributed by atoms with Crippen LogP contribution in [-0.2, 0) is 19.7 Å². The van der Waals surface area contributed by atoms with Crippen LogP contribution in [0.4, 0.5) is 0 Å². The molecule has 0 unspecified atom stereocenters. The van der Waals surface area contributed by atoms with Gasteiger partial charge in [0.2, 0.25) is 19.7 Å². The third-order valence-corrected chi connectivity index (χ3v) is 13.0. The van der Waals surface area contributed by atoms with Gasteiger partial charge in [0.15, 0.2) is 0 Å². The molecule has 0 radical (unpaired) electrons. The highest BCUT2D eigenvalue weighted by Crippen LogP contribution is 2.46. The first-order valence-electron chi connectivity index (χ1n) is 14.4. The number of benzene rings is 6. The van der Waals surface area contributed by atoms with E-state index in [0.29, 0.717) is 25.0 Å². The van der Waals surface area contributed by atoms with Crippen molar-refractivity contribution in [1.29, 1.82) is 0 Å². The highest BCUT2D eigenvalue weighted by molar-refractivity contribution is 9.11. The van der Waals surface area contributed by atoms with E-state index < -0.39 is 26.8 Å². The second-order valence-electron chi connectivity index (χ2n) is 10.8. The molecule has 6 aromatic carbocycles. The molecule has 0 fully saturated rings. The molecular formula is C36H24BBr3O6S2. The van der Waals surface area contributed by atoms with E-state index in [-0.39, 0.29) is 0 Å². The van der Waals surface area contributed by atoms with Crippen molar-refractivity contribution in [3.8, 4) is 33.4 Å². The van der Waals surface area contributed by atoms with Crippen LogP contribution >= 0.6 is 47.8 Å². The summed E-state index contributed by atoms with van der Waals surface area (Å²) in [5.74, 6) is 0. The fraction of sp³-hybridized carbons (Fsp3) is 0. The van der Waals surface area contributed by atoms with Gasteiger partial charge in [0.25, 0.3) is 0 Å². The summed E-state index contributed by atoms with van der Waals surface area (Å²) in [4.78, 5) is 1.54. The van der Waals surface area contributed by atoms with E-state index in [1.165, 1.54) is 0 Å². The summed E-state index contributed by atoms with van der Waals surface area (Å²) in [6, 6.07) is 39.9. The van der Waals surface area contributed by atoms with Gasteiger partial charge in [-0.05, 0) is 83.3 Å². The molecule has 0 atom stereocenters.